The number of carboxylic acids is 1. The summed E-state index contributed by atoms with van der Waals surface area (Å²) in [5.74, 6) is -0.973. The summed E-state index contributed by atoms with van der Waals surface area (Å²) >= 11 is 0. The Hall–Kier alpha value is -1.38. The number of hydrogen-bond acceptors (Lipinski definition) is 2. The van der Waals surface area contributed by atoms with Gasteiger partial charge in [0.05, 0.1) is 5.69 Å². The highest BCUT2D eigenvalue weighted by Crippen LogP contribution is 1.95. The van der Waals surface area contributed by atoms with Gasteiger partial charge in [-0.2, -0.15) is 0 Å². The Balaban J connectivity index is 2.67. The lowest BCUT2D eigenvalue weighted by Crippen LogP contribution is -1.98. The van der Waals surface area contributed by atoms with Crippen molar-refractivity contribution in [3.63, 3.8) is 0 Å². The van der Waals surface area contributed by atoms with Crippen molar-refractivity contribution in [3.05, 3.63) is 36.5 Å². The lowest BCUT2D eigenvalue weighted by atomic mass is 10.3. The van der Waals surface area contributed by atoms with Gasteiger partial charge in [0.15, 0.2) is 0 Å². The zero-order chi connectivity index (χ0) is 7.40. The third-order valence-corrected chi connectivity index (χ3v) is 0.959. The first-order chi connectivity index (χ1) is 4.79. The topological polar surface area (TPSA) is 50.2 Å². The minimum atomic E-state index is -0.973. The Morgan fingerprint density at radius 1 is 1.60 bits per heavy atom. The molecule has 1 N–H and O–H groups in total. The van der Waals surface area contributed by atoms with E-state index in [4.69, 9.17) is 5.11 Å². The SMILES string of the molecule is O=C(O)[CH]c1ccccn1. The maximum absolute atomic E-state index is 10.1. The van der Waals surface area contributed by atoms with Crippen LogP contribution in [0, 0.1) is 6.42 Å². The monoisotopic (exact) mass is 136 g/mol. The van der Waals surface area contributed by atoms with Gasteiger partial charge in [0.25, 0.3) is 0 Å². The van der Waals surface area contributed by atoms with Crippen LogP contribution in [-0.2, 0) is 4.79 Å². The molecular formula is C7H6NO2. The van der Waals surface area contributed by atoms with Crippen molar-refractivity contribution in [1.29, 1.82) is 0 Å². The molecule has 0 spiro atoms. The molecule has 0 aliphatic heterocycles. The van der Waals surface area contributed by atoms with E-state index in [9.17, 15) is 4.79 Å². The van der Waals surface area contributed by atoms with E-state index in [-0.39, 0.29) is 0 Å². The van der Waals surface area contributed by atoms with Crippen LogP contribution in [0.1, 0.15) is 5.69 Å². The van der Waals surface area contributed by atoms with Gasteiger partial charge in [-0.1, -0.05) is 6.07 Å². The van der Waals surface area contributed by atoms with Crippen LogP contribution in [0.3, 0.4) is 0 Å². The summed E-state index contributed by atoms with van der Waals surface area (Å²) in [5.41, 5.74) is 0.468. The second kappa shape index (κ2) is 2.96. The number of carboxylic acid groups (broad SMARTS) is 1. The van der Waals surface area contributed by atoms with E-state index in [1.54, 1.807) is 24.4 Å². The van der Waals surface area contributed by atoms with Crippen molar-refractivity contribution < 1.29 is 9.90 Å². The largest absolute Gasteiger partial charge is 0.481 e. The smallest absolute Gasteiger partial charge is 0.313 e. The maximum Gasteiger partial charge on any atom is 0.313 e. The fourth-order valence-electron chi connectivity index (χ4n) is 0.588. The Kier molecular flexibility index (Phi) is 1.99. The second-order valence-corrected chi connectivity index (χ2v) is 1.74. The molecular weight excluding hydrogens is 130 g/mol. The molecule has 1 aromatic heterocycles. The lowest BCUT2D eigenvalue weighted by Gasteiger charge is -1.90. The van der Waals surface area contributed by atoms with Crippen LogP contribution in [-0.4, -0.2) is 16.1 Å². The van der Waals surface area contributed by atoms with Gasteiger partial charge >= 0.3 is 5.97 Å². The first kappa shape index (κ1) is 6.74. The number of nitrogens with zero attached hydrogens (tertiary/aromatic N) is 1. The van der Waals surface area contributed by atoms with E-state index in [2.05, 4.69) is 4.98 Å². The molecule has 1 radical (unpaired) electrons. The summed E-state index contributed by atoms with van der Waals surface area (Å²) in [7, 11) is 0. The molecule has 0 aliphatic rings. The molecule has 1 aromatic rings. The highest BCUT2D eigenvalue weighted by Gasteiger charge is 1.99. The van der Waals surface area contributed by atoms with Crippen LogP contribution < -0.4 is 0 Å². The van der Waals surface area contributed by atoms with Crippen LogP contribution in [0.5, 0.6) is 0 Å². The fourth-order valence-corrected chi connectivity index (χ4v) is 0.588. The molecule has 0 atom stereocenters. The van der Waals surface area contributed by atoms with Gasteiger partial charge in [-0.05, 0) is 12.1 Å². The Bertz CT molecular complexity index is 220. The molecule has 51 valence electrons. The standard InChI is InChI=1S/C7H6NO2/c9-7(10)5-6-3-1-2-4-8-6/h1-5H,(H,9,10). The van der Waals surface area contributed by atoms with Gasteiger partial charge in [0.2, 0.25) is 0 Å². The highest BCUT2D eigenvalue weighted by atomic mass is 16.4. The van der Waals surface area contributed by atoms with E-state index in [1.165, 1.54) is 0 Å². The van der Waals surface area contributed by atoms with Crippen LogP contribution >= 0.6 is 0 Å². The quantitative estimate of drug-likeness (QED) is 0.651. The van der Waals surface area contributed by atoms with Crippen LogP contribution in [0.15, 0.2) is 24.4 Å². The molecule has 3 nitrogen and oxygen atoms in total. The average Bonchev–Trinajstić information content (AvgIpc) is 1.88. The van der Waals surface area contributed by atoms with E-state index in [0.29, 0.717) is 5.69 Å². The van der Waals surface area contributed by atoms with Gasteiger partial charge in [0.1, 0.15) is 6.42 Å². The zero-order valence-corrected chi connectivity index (χ0v) is 5.19. The van der Waals surface area contributed by atoms with Gasteiger partial charge < -0.3 is 5.11 Å². The van der Waals surface area contributed by atoms with Crippen molar-refractivity contribution in [2.24, 2.45) is 0 Å². The van der Waals surface area contributed by atoms with Crippen molar-refractivity contribution in [1.82, 2.24) is 4.98 Å². The molecule has 0 bridgehead atoms. The zero-order valence-electron chi connectivity index (χ0n) is 5.19. The van der Waals surface area contributed by atoms with Gasteiger partial charge in [0, 0.05) is 6.20 Å². The van der Waals surface area contributed by atoms with E-state index in [1.807, 2.05) is 0 Å². The normalized spacial score (nSPS) is 9.20. The predicted octanol–water partition coefficient (Wildman–Crippen LogP) is 0.719. The fraction of sp³-hybridized carbons (Fsp3) is 0. The summed E-state index contributed by atoms with van der Waals surface area (Å²) in [4.78, 5) is 13.9. The van der Waals surface area contributed by atoms with E-state index < -0.39 is 5.97 Å². The molecule has 0 unspecified atom stereocenters. The van der Waals surface area contributed by atoms with Gasteiger partial charge in [-0.15, -0.1) is 0 Å². The number of aliphatic carboxylic acids is 1. The first-order valence-electron chi connectivity index (χ1n) is 2.78. The molecule has 0 fully saturated rings. The third kappa shape index (κ3) is 1.85. The first-order valence-corrected chi connectivity index (χ1v) is 2.78. The molecule has 3 heteroatoms. The Morgan fingerprint density at radius 3 is 2.90 bits per heavy atom. The summed E-state index contributed by atoms with van der Waals surface area (Å²) in [5, 5.41) is 8.27. The second-order valence-electron chi connectivity index (χ2n) is 1.74. The summed E-state index contributed by atoms with van der Waals surface area (Å²) in [6, 6.07) is 5.11. The molecule has 0 aliphatic carbocycles. The maximum atomic E-state index is 10.1. The van der Waals surface area contributed by atoms with Crippen LogP contribution in [0.4, 0.5) is 0 Å². The lowest BCUT2D eigenvalue weighted by molar-refractivity contribution is -0.132. The summed E-state index contributed by atoms with van der Waals surface area (Å²) < 4.78 is 0. The Morgan fingerprint density at radius 2 is 2.40 bits per heavy atom. The minimum Gasteiger partial charge on any atom is -0.481 e. The van der Waals surface area contributed by atoms with E-state index >= 15 is 0 Å². The number of rotatable bonds is 2. The van der Waals surface area contributed by atoms with Gasteiger partial charge in [-0.25, -0.2) is 0 Å². The van der Waals surface area contributed by atoms with Crippen molar-refractivity contribution in [2.75, 3.05) is 0 Å². The van der Waals surface area contributed by atoms with Crippen molar-refractivity contribution in [3.8, 4) is 0 Å². The average molecular weight is 136 g/mol. The molecule has 0 amide bonds. The molecule has 0 aromatic carbocycles. The van der Waals surface area contributed by atoms with Crippen LogP contribution in [0.2, 0.25) is 0 Å². The predicted molar refractivity (Wildman–Crippen MR) is 35.3 cm³/mol. The third-order valence-electron chi connectivity index (χ3n) is 0.959. The molecule has 1 rings (SSSR count). The van der Waals surface area contributed by atoms with Crippen LogP contribution in [0.25, 0.3) is 0 Å². The number of aromatic nitrogens is 1. The van der Waals surface area contributed by atoms with Gasteiger partial charge in [-0.3, -0.25) is 9.78 Å². The summed E-state index contributed by atoms with van der Waals surface area (Å²) in [6.07, 6.45) is 2.61. The molecule has 10 heavy (non-hydrogen) atoms. The number of carbonyl (C=O) groups is 1. The molecule has 0 saturated carbocycles. The Labute approximate surface area is 58.3 Å². The highest BCUT2D eigenvalue weighted by molar-refractivity contribution is 5.80. The van der Waals surface area contributed by atoms with E-state index in [0.717, 1.165) is 6.42 Å². The summed E-state index contributed by atoms with van der Waals surface area (Å²) in [6.45, 7) is 0. The minimum absolute atomic E-state index is 0.468. The van der Waals surface area contributed by atoms with Crippen molar-refractivity contribution in [2.45, 2.75) is 0 Å². The number of pyridine rings is 1. The number of hydrogen-bond donors (Lipinski definition) is 1. The van der Waals surface area contributed by atoms with Crippen molar-refractivity contribution >= 4 is 5.97 Å². The molecule has 0 saturated heterocycles. The molecule has 1 heterocycles.